The van der Waals surface area contributed by atoms with Gasteiger partial charge in [0.2, 0.25) is 0 Å². The highest BCUT2D eigenvalue weighted by Crippen LogP contribution is 2.20. The van der Waals surface area contributed by atoms with Crippen LogP contribution in [0.3, 0.4) is 0 Å². The predicted octanol–water partition coefficient (Wildman–Crippen LogP) is 3.52. The number of carbonyl (C=O) groups is 1. The molecule has 2 aromatic rings. The van der Waals surface area contributed by atoms with E-state index in [1.54, 1.807) is 6.20 Å². The fourth-order valence-corrected chi connectivity index (χ4v) is 2.93. The highest BCUT2D eigenvalue weighted by Gasteiger charge is 2.13. The molecule has 2 rings (SSSR count). The normalized spacial score (nSPS) is 10.8. The minimum absolute atomic E-state index is 0.185. The molecular weight excluding hydrogens is 268 g/mol. The molecule has 1 heterocycles. The molecule has 0 N–H and O–H groups in total. The standard InChI is InChI=1S/C16H20N2OS/c1-4-12-6-7-13(5-2)14(10-12)15(19)11-20-16-17-8-9-18(16)3/h6-10H,4-5,11H2,1-3H3. The maximum absolute atomic E-state index is 12.4. The number of rotatable bonds is 6. The van der Waals surface area contributed by atoms with E-state index in [-0.39, 0.29) is 5.78 Å². The van der Waals surface area contributed by atoms with Crippen molar-refractivity contribution in [2.75, 3.05) is 5.75 Å². The molecule has 0 bridgehead atoms. The van der Waals surface area contributed by atoms with Crippen molar-refractivity contribution in [3.63, 3.8) is 0 Å². The van der Waals surface area contributed by atoms with Crippen LogP contribution in [-0.4, -0.2) is 21.1 Å². The summed E-state index contributed by atoms with van der Waals surface area (Å²) in [7, 11) is 1.94. The highest BCUT2D eigenvalue weighted by molar-refractivity contribution is 7.99. The van der Waals surface area contributed by atoms with Gasteiger partial charge in [-0.1, -0.05) is 37.7 Å². The molecule has 1 aromatic heterocycles. The number of aryl methyl sites for hydroxylation is 3. The summed E-state index contributed by atoms with van der Waals surface area (Å²) in [6, 6.07) is 6.24. The zero-order valence-electron chi connectivity index (χ0n) is 12.2. The lowest BCUT2D eigenvalue weighted by atomic mass is 9.98. The molecule has 0 spiro atoms. The van der Waals surface area contributed by atoms with Crippen molar-refractivity contribution in [2.24, 2.45) is 7.05 Å². The average Bonchev–Trinajstić information content (AvgIpc) is 2.89. The molecule has 0 aliphatic carbocycles. The van der Waals surface area contributed by atoms with Crippen LogP contribution in [0.2, 0.25) is 0 Å². The largest absolute Gasteiger partial charge is 0.329 e. The van der Waals surface area contributed by atoms with Gasteiger partial charge in [-0.15, -0.1) is 0 Å². The predicted molar refractivity (Wildman–Crippen MR) is 83.5 cm³/mol. The molecule has 3 nitrogen and oxygen atoms in total. The van der Waals surface area contributed by atoms with E-state index in [4.69, 9.17) is 0 Å². The molecule has 0 fully saturated rings. The van der Waals surface area contributed by atoms with Gasteiger partial charge in [0, 0.05) is 25.0 Å². The lowest BCUT2D eigenvalue weighted by molar-refractivity contribution is 0.102. The van der Waals surface area contributed by atoms with Gasteiger partial charge in [-0.05, 0) is 30.0 Å². The average molecular weight is 288 g/mol. The molecule has 0 aliphatic heterocycles. The minimum Gasteiger partial charge on any atom is -0.329 e. The fourth-order valence-electron chi connectivity index (χ4n) is 2.11. The lowest BCUT2D eigenvalue weighted by Crippen LogP contribution is -2.08. The van der Waals surface area contributed by atoms with E-state index in [0.29, 0.717) is 5.75 Å². The molecule has 0 saturated heterocycles. The fraction of sp³-hybridized carbons (Fsp3) is 0.375. The second-order valence-electron chi connectivity index (χ2n) is 4.73. The molecule has 1 aromatic carbocycles. The highest BCUT2D eigenvalue weighted by atomic mass is 32.2. The third-order valence-electron chi connectivity index (χ3n) is 3.37. The first-order chi connectivity index (χ1) is 9.65. The van der Waals surface area contributed by atoms with Gasteiger partial charge in [0.1, 0.15) is 0 Å². The first-order valence-corrected chi connectivity index (χ1v) is 7.89. The molecule has 20 heavy (non-hydrogen) atoms. The van der Waals surface area contributed by atoms with E-state index in [1.807, 2.05) is 23.9 Å². The van der Waals surface area contributed by atoms with Crippen LogP contribution in [0.4, 0.5) is 0 Å². The van der Waals surface area contributed by atoms with Gasteiger partial charge in [-0.2, -0.15) is 0 Å². The maximum Gasteiger partial charge on any atom is 0.173 e. The number of hydrogen-bond donors (Lipinski definition) is 0. The van der Waals surface area contributed by atoms with Crippen molar-refractivity contribution >= 4 is 17.5 Å². The Morgan fingerprint density at radius 2 is 2.10 bits per heavy atom. The number of Topliss-reactive ketones (excluding diaryl/α,β-unsaturated/α-hetero) is 1. The summed E-state index contributed by atoms with van der Waals surface area (Å²) in [5.41, 5.74) is 3.22. The van der Waals surface area contributed by atoms with Crippen LogP contribution < -0.4 is 0 Å². The van der Waals surface area contributed by atoms with Crippen LogP contribution in [0, 0.1) is 0 Å². The Bertz CT molecular complexity index is 604. The molecule has 0 unspecified atom stereocenters. The number of thioether (sulfide) groups is 1. The third-order valence-corrected chi connectivity index (χ3v) is 4.43. The summed E-state index contributed by atoms with van der Waals surface area (Å²) in [5.74, 6) is 0.621. The second kappa shape index (κ2) is 6.75. The molecular formula is C16H20N2OS. The van der Waals surface area contributed by atoms with E-state index in [2.05, 4.69) is 31.0 Å². The van der Waals surface area contributed by atoms with E-state index in [9.17, 15) is 4.79 Å². The van der Waals surface area contributed by atoms with Gasteiger partial charge in [0.25, 0.3) is 0 Å². The smallest absolute Gasteiger partial charge is 0.173 e. The summed E-state index contributed by atoms with van der Waals surface area (Å²) in [4.78, 5) is 16.7. The minimum atomic E-state index is 0.185. The summed E-state index contributed by atoms with van der Waals surface area (Å²) in [5, 5.41) is 0.878. The Hall–Kier alpha value is -1.55. The van der Waals surface area contributed by atoms with Crippen molar-refractivity contribution in [3.8, 4) is 0 Å². The monoisotopic (exact) mass is 288 g/mol. The van der Waals surface area contributed by atoms with Crippen LogP contribution >= 0.6 is 11.8 Å². The zero-order chi connectivity index (χ0) is 14.5. The Morgan fingerprint density at radius 3 is 2.70 bits per heavy atom. The number of aromatic nitrogens is 2. The molecule has 0 atom stereocenters. The van der Waals surface area contributed by atoms with E-state index < -0.39 is 0 Å². The molecule has 0 saturated carbocycles. The van der Waals surface area contributed by atoms with E-state index in [1.165, 1.54) is 17.3 Å². The molecule has 0 radical (unpaired) electrons. The molecule has 0 aliphatic rings. The molecule has 106 valence electrons. The van der Waals surface area contributed by atoms with Crippen LogP contribution in [0.1, 0.15) is 35.3 Å². The second-order valence-corrected chi connectivity index (χ2v) is 5.67. The number of ketones is 1. The number of imidazole rings is 1. The summed E-state index contributed by atoms with van der Waals surface area (Å²) in [6.07, 6.45) is 5.49. The lowest BCUT2D eigenvalue weighted by Gasteiger charge is -2.09. The Labute approximate surface area is 124 Å². The Morgan fingerprint density at radius 1 is 1.30 bits per heavy atom. The summed E-state index contributed by atoms with van der Waals surface area (Å²) >= 11 is 1.49. The molecule has 4 heteroatoms. The summed E-state index contributed by atoms with van der Waals surface area (Å²) in [6.45, 7) is 4.20. The van der Waals surface area contributed by atoms with Gasteiger partial charge in [-0.25, -0.2) is 4.98 Å². The number of carbonyl (C=O) groups excluding carboxylic acids is 1. The van der Waals surface area contributed by atoms with Crippen LogP contribution in [0.5, 0.6) is 0 Å². The third kappa shape index (κ3) is 3.31. The Balaban J connectivity index is 2.14. The van der Waals surface area contributed by atoms with E-state index in [0.717, 1.165) is 29.1 Å². The Kier molecular flexibility index (Phi) is 5.01. The van der Waals surface area contributed by atoms with Crippen molar-refractivity contribution < 1.29 is 4.79 Å². The van der Waals surface area contributed by atoms with Crippen molar-refractivity contribution in [1.82, 2.24) is 9.55 Å². The zero-order valence-corrected chi connectivity index (χ0v) is 13.0. The van der Waals surface area contributed by atoms with Crippen LogP contribution in [0.25, 0.3) is 0 Å². The molecule has 0 amide bonds. The van der Waals surface area contributed by atoms with Gasteiger partial charge in [0.05, 0.1) is 5.75 Å². The van der Waals surface area contributed by atoms with Crippen LogP contribution in [0.15, 0.2) is 35.7 Å². The number of benzene rings is 1. The topological polar surface area (TPSA) is 34.9 Å². The van der Waals surface area contributed by atoms with Crippen molar-refractivity contribution in [2.45, 2.75) is 31.8 Å². The quantitative estimate of drug-likeness (QED) is 0.602. The van der Waals surface area contributed by atoms with E-state index >= 15 is 0 Å². The van der Waals surface area contributed by atoms with Gasteiger partial charge in [-0.3, -0.25) is 4.79 Å². The number of hydrogen-bond acceptors (Lipinski definition) is 3. The van der Waals surface area contributed by atoms with Gasteiger partial charge < -0.3 is 4.57 Å². The first-order valence-electron chi connectivity index (χ1n) is 6.90. The van der Waals surface area contributed by atoms with Crippen molar-refractivity contribution in [3.05, 3.63) is 47.3 Å². The van der Waals surface area contributed by atoms with Crippen molar-refractivity contribution in [1.29, 1.82) is 0 Å². The van der Waals surface area contributed by atoms with Gasteiger partial charge in [0.15, 0.2) is 10.9 Å². The maximum atomic E-state index is 12.4. The number of nitrogens with zero attached hydrogens (tertiary/aromatic N) is 2. The first kappa shape index (κ1) is 14.9. The van der Waals surface area contributed by atoms with Crippen LogP contribution in [-0.2, 0) is 19.9 Å². The summed E-state index contributed by atoms with van der Waals surface area (Å²) < 4.78 is 1.93. The van der Waals surface area contributed by atoms with Gasteiger partial charge >= 0.3 is 0 Å². The SMILES string of the molecule is CCc1ccc(CC)c(C(=O)CSc2nccn2C)c1.